The quantitative estimate of drug-likeness (QED) is 0.892. The number of halogens is 1. The lowest BCUT2D eigenvalue weighted by Crippen LogP contribution is -2.28. The Hall–Kier alpha value is -1.29. The van der Waals surface area contributed by atoms with Crippen molar-refractivity contribution in [3.8, 4) is 0 Å². The van der Waals surface area contributed by atoms with E-state index in [4.69, 9.17) is 11.6 Å². The first-order valence-corrected chi connectivity index (χ1v) is 6.64. The minimum atomic E-state index is -0.0145. The van der Waals surface area contributed by atoms with Crippen LogP contribution in [0.3, 0.4) is 0 Å². The van der Waals surface area contributed by atoms with Gasteiger partial charge in [-0.3, -0.25) is 4.79 Å². The summed E-state index contributed by atoms with van der Waals surface area (Å²) in [4.78, 5) is 18.1. The SMILES string of the molecule is CCNc1ncc(C(=O)N(C)CC2CC2)cc1Cl. The average Bonchev–Trinajstić information content (AvgIpc) is 3.15. The molecule has 0 radical (unpaired) electrons. The van der Waals surface area contributed by atoms with Gasteiger partial charge >= 0.3 is 0 Å². The largest absolute Gasteiger partial charge is 0.369 e. The van der Waals surface area contributed by atoms with Gasteiger partial charge in [-0.15, -0.1) is 0 Å². The van der Waals surface area contributed by atoms with Crippen LogP contribution >= 0.6 is 11.6 Å². The van der Waals surface area contributed by atoms with Gasteiger partial charge in [0.15, 0.2) is 0 Å². The molecule has 4 nitrogen and oxygen atoms in total. The maximum absolute atomic E-state index is 12.1. The fourth-order valence-corrected chi connectivity index (χ4v) is 2.08. The Labute approximate surface area is 112 Å². The molecule has 0 unspecified atom stereocenters. The fourth-order valence-electron chi connectivity index (χ4n) is 1.84. The molecule has 1 aromatic rings. The van der Waals surface area contributed by atoms with Crippen LogP contribution < -0.4 is 5.32 Å². The molecule has 2 rings (SSSR count). The molecule has 1 heterocycles. The van der Waals surface area contributed by atoms with Crippen LogP contribution in [0.1, 0.15) is 30.1 Å². The lowest BCUT2D eigenvalue weighted by molar-refractivity contribution is 0.0788. The summed E-state index contributed by atoms with van der Waals surface area (Å²) >= 11 is 6.08. The van der Waals surface area contributed by atoms with Gasteiger partial charge in [0.25, 0.3) is 5.91 Å². The zero-order chi connectivity index (χ0) is 13.1. The summed E-state index contributed by atoms with van der Waals surface area (Å²) < 4.78 is 0. The van der Waals surface area contributed by atoms with Crippen molar-refractivity contribution in [2.75, 3.05) is 25.5 Å². The molecule has 1 aliphatic rings. The molecule has 0 spiro atoms. The van der Waals surface area contributed by atoms with Crippen molar-refractivity contribution in [3.05, 3.63) is 22.8 Å². The lowest BCUT2D eigenvalue weighted by atomic mass is 10.2. The predicted octanol–water partition coefficient (Wildman–Crippen LogP) is 2.65. The van der Waals surface area contributed by atoms with Gasteiger partial charge in [-0.2, -0.15) is 0 Å². The Morgan fingerprint density at radius 1 is 1.61 bits per heavy atom. The molecule has 1 amide bonds. The number of nitrogens with zero attached hydrogens (tertiary/aromatic N) is 2. The number of carbonyl (C=O) groups is 1. The number of amides is 1. The minimum Gasteiger partial charge on any atom is -0.369 e. The zero-order valence-electron chi connectivity index (χ0n) is 10.7. The van der Waals surface area contributed by atoms with Crippen molar-refractivity contribution in [3.63, 3.8) is 0 Å². The van der Waals surface area contributed by atoms with Crippen LogP contribution in [-0.2, 0) is 0 Å². The first-order valence-electron chi connectivity index (χ1n) is 6.26. The third kappa shape index (κ3) is 3.13. The fraction of sp³-hybridized carbons (Fsp3) is 0.538. The highest BCUT2D eigenvalue weighted by Crippen LogP contribution is 2.30. The maximum atomic E-state index is 12.1. The summed E-state index contributed by atoms with van der Waals surface area (Å²) in [6.45, 7) is 3.55. The summed E-state index contributed by atoms with van der Waals surface area (Å²) in [6, 6.07) is 1.68. The number of hydrogen-bond acceptors (Lipinski definition) is 3. The van der Waals surface area contributed by atoms with Gasteiger partial charge in [0.05, 0.1) is 10.6 Å². The molecule has 1 fully saturated rings. The molecule has 1 aromatic heterocycles. The number of rotatable bonds is 5. The van der Waals surface area contributed by atoms with Crippen molar-refractivity contribution >= 4 is 23.3 Å². The highest BCUT2D eigenvalue weighted by atomic mass is 35.5. The van der Waals surface area contributed by atoms with E-state index in [1.54, 1.807) is 17.2 Å². The second-order valence-electron chi connectivity index (χ2n) is 4.71. The molecule has 0 bridgehead atoms. The van der Waals surface area contributed by atoms with Crippen molar-refractivity contribution in [2.24, 2.45) is 5.92 Å². The first kappa shape index (κ1) is 13.1. The Morgan fingerprint density at radius 2 is 2.33 bits per heavy atom. The molecule has 1 N–H and O–H groups in total. The van der Waals surface area contributed by atoms with Crippen LogP contribution in [-0.4, -0.2) is 35.9 Å². The average molecular weight is 268 g/mol. The summed E-state index contributed by atoms with van der Waals surface area (Å²) in [5.74, 6) is 1.29. The Balaban J connectivity index is 2.07. The smallest absolute Gasteiger partial charge is 0.255 e. The summed E-state index contributed by atoms with van der Waals surface area (Å²) in [5.41, 5.74) is 0.546. The second kappa shape index (κ2) is 5.57. The molecule has 98 valence electrons. The van der Waals surface area contributed by atoms with Gasteiger partial charge in [-0.05, 0) is 31.7 Å². The topological polar surface area (TPSA) is 45.2 Å². The molecule has 18 heavy (non-hydrogen) atoms. The van der Waals surface area contributed by atoms with Gasteiger partial charge in [-0.25, -0.2) is 4.98 Å². The van der Waals surface area contributed by atoms with E-state index in [2.05, 4.69) is 10.3 Å². The number of aromatic nitrogens is 1. The molecular formula is C13H18ClN3O. The van der Waals surface area contributed by atoms with Gasteiger partial charge in [0.2, 0.25) is 0 Å². The van der Waals surface area contributed by atoms with E-state index in [0.717, 1.165) is 13.1 Å². The maximum Gasteiger partial charge on any atom is 0.255 e. The summed E-state index contributed by atoms with van der Waals surface area (Å²) in [5, 5.41) is 3.53. The van der Waals surface area contributed by atoms with Crippen molar-refractivity contribution in [1.29, 1.82) is 0 Å². The van der Waals surface area contributed by atoms with E-state index in [9.17, 15) is 4.79 Å². The molecule has 0 aromatic carbocycles. The highest BCUT2D eigenvalue weighted by molar-refractivity contribution is 6.33. The number of nitrogens with one attached hydrogen (secondary N) is 1. The van der Waals surface area contributed by atoms with Crippen molar-refractivity contribution in [2.45, 2.75) is 19.8 Å². The van der Waals surface area contributed by atoms with E-state index in [-0.39, 0.29) is 5.91 Å². The molecular weight excluding hydrogens is 250 g/mol. The number of carbonyl (C=O) groups excluding carboxylic acids is 1. The molecule has 0 saturated heterocycles. The van der Waals surface area contributed by atoms with Gasteiger partial charge < -0.3 is 10.2 Å². The third-order valence-corrected chi connectivity index (χ3v) is 3.30. The number of anilines is 1. The van der Waals surface area contributed by atoms with E-state index in [0.29, 0.717) is 22.3 Å². The van der Waals surface area contributed by atoms with Crippen LogP contribution in [0.25, 0.3) is 0 Å². The summed E-state index contributed by atoms with van der Waals surface area (Å²) in [6.07, 6.45) is 4.04. The van der Waals surface area contributed by atoms with Crippen molar-refractivity contribution < 1.29 is 4.79 Å². The number of hydrogen-bond donors (Lipinski definition) is 1. The van der Waals surface area contributed by atoms with Gasteiger partial charge in [0, 0.05) is 26.3 Å². The zero-order valence-corrected chi connectivity index (χ0v) is 11.5. The van der Waals surface area contributed by atoms with Crippen LogP contribution in [0.4, 0.5) is 5.82 Å². The predicted molar refractivity (Wildman–Crippen MR) is 73.1 cm³/mol. The number of pyridine rings is 1. The Morgan fingerprint density at radius 3 is 2.89 bits per heavy atom. The van der Waals surface area contributed by atoms with Gasteiger partial charge in [0.1, 0.15) is 5.82 Å². The Kier molecular flexibility index (Phi) is 4.07. The summed E-state index contributed by atoms with van der Waals surface area (Å²) in [7, 11) is 1.83. The normalized spacial score (nSPS) is 14.4. The van der Waals surface area contributed by atoms with Crippen LogP contribution in [0.5, 0.6) is 0 Å². The molecule has 1 aliphatic carbocycles. The van der Waals surface area contributed by atoms with E-state index >= 15 is 0 Å². The molecule has 5 heteroatoms. The third-order valence-electron chi connectivity index (χ3n) is 3.01. The van der Waals surface area contributed by atoms with Crippen LogP contribution in [0, 0.1) is 5.92 Å². The lowest BCUT2D eigenvalue weighted by Gasteiger charge is -2.17. The molecule has 1 saturated carbocycles. The van der Waals surface area contributed by atoms with E-state index in [1.807, 2.05) is 14.0 Å². The second-order valence-corrected chi connectivity index (χ2v) is 5.12. The van der Waals surface area contributed by atoms with Gasteiger partial charge in [-0.1, -0.05) is 11.6 Å². The highest BCUT2D eigenvalue weighted by Gasteiger charge is 2.25. The van der Waals surface area contributed by atoms with Crippen molar-refractivity contribution in [1.82, 2.24) is 9.88 Å². The standard InChI is InChI=1S/C13H18ClN3O/c1-3-15-12-11(14)6-10(7-16-12)13(18)17(2)8-9-4-5-9/h6-7,9H,3-5,8H2,1-2H3,(H,15,16). The van der Waals surface area contributed by atoms with Crippen LogP contribution in [0.15, 0.2) is 12.3 Å². The minimum absolute atomic E-state index is 0.0145. The molecule has 0 atom stereocenters. The van der Waals surface area contributed by atoms with Crippen LogP contribution in [0.2, 0.25) is 5.02 Å². The monoisotopic (exact) mass is 267 g/mol. The molecule has 0 aliphatic heterocycles. The van der Waals surface area contributed by atoms with E-state index in [1.165, 1.54) is 12.8 Å². The first-order chi connectivity index (χ1) is 8.61. The van der Waals surface area contributed by atoms with E-state index < -0.39 is 0 Å². The Bertz CT molecular complexity index is 446.